The largest absolute Gasteiger partial charge is 0.496 e. The number of sulfonamides is 1. The fraction of sp³-hybridized carbons (Fsp3) is 0.500. The highest BCUT2D eigenvalue weighted by Crippen LogP contribution is 2.29. The van der Waals surface area contributed by atoms with Gasteiger partial charge < -0.3 is 10.1 Å². The van der Waals surface area contributed by atoms with Crippen LogP contribution in [0.3, 0.4) is 0 Å². The second-order valence-electron chi connectivity index (χ2n) is 5.52. The molecule has 1 aromatic rings. The number of rotatable bonds is 3. The number of methoxy groups -OCH3 is 1. The molecule has 0 aliphatic carbocycles. The van der Waals surface area contributed by atoms with Gasteiger partial charge in [-0.1, -0.05) is 0 Å². The molecule has 0 aromatic heterocycles. The molecule has 0 atom stereocenters. The summed E-state index contributed by atoms with van der Waals surface area (Å²) >= 11 is 0. The van der Waals surface area contributed by atoms with E-state index in [0.29, 0.717) is 12.3 Å². The first-order chi connectivity index (χ1) is 9.71. The van der Waals surface area contributed by atoms with E-state index in [9.17, 15) is 13.2 Å². The molecule has 6 nitrogen and oxygen atoms in total. The molecule has 0 bridgehead atoms. The lowest BCUT2D eigenvalue weighted by atomic mass is 10.0. The summed E-state index contributed by atoms with van der Waals surface area (Å²) in [5, 5.41) is 2.69. The highest BCUT2D eigenvalue weighted by Gasteiger charge is 2.44. The van der Waals surface area contributed by atoms with Crippen molar-refractivity contribution >= 4 is 15.9 Å². The quantitative estimate of drug-likeness (QED) is 0.900. The van der Waals surface area contributed by atoms with Crippen molar-refractivity contribution in [3.63, 3.8) is 0 Å². The van der Waals surface area contributed by atoms with Crippen LogP contribution in [0.25, 0.3) is 0 Å². The standard InChI is InChI=1S/C14H20N2O4S/c1-10-9-11(5-6-12(10)20-4)21(18,19)16-8-7-15-13(17)14(16,2)3/h5-6,9H,7-8H2,1-4H3,(H,15,17). The summed E-state index contributed by atoms with van der Waals surface area (Å²) in [6, 6.07) is 4.69. The van der Waals surface area contributed by atoms with Crippen molar-refractivity contribution in [2.45, 2.75) is 31.2 Å². The zero-order chi connectivity index (χ0) is 15.8. The molecule has 0 unspecified atom stereocenters. The lowest BCUT2D eigenvalue weighted by Crippen LogP contribution is -2.63. The summed E-state index contributed by atoms with van der Waals surface area (Å²) < 4.78 is 32.0. The minimum absolute atomic E-state index is 0.170. The maximum Gasteiger partial charge on any atom is 0.244 e. The van der Waals surface area contributed by atoms with E-state index in [0.717, 1.165) is 5.56 Å². The number of carbonyl (C=O) groups excluding carboxylic acids is 1. The molecule has 7 heteroatoms. The van der Waals surface area contributed by atoms with Gasteiger partial charge in [0.15, 0.2) is 0 Å². The van der Waals surface area contributed by atoms with Crippen LogP contribution >= 0.6 is 0 Å². The summed E-state index contributed by atoms with van der Waals surface area (Å²) in [4.78, 5) is 12.1. The van der Waals surface area contributed by atoms with Crippen molar-refractivity contribution in [3.05, 3.63) is 23.8 Å². The predicted molar refractivity (Wildman–Crippen MR) is 78.7 cm³/mol. The number of benzene rings is 1. The van der Waals surface area contributed by atoms with Crippen LogP contribution in [-0.4, -0.2) is 44.4 Å². The third kappa shape index (κ3) is 2.63. The molecular weight excluding hydrogens is 292 g/mol. The van der Waals surface area contributed by atoms with E-state index in [-0.39, 0.29) is 17.3 Å². The second kappa shape index (κ2) is 5.31. The van der Waals surface area contributed by atoms with Crippen LogP contribution in [-0.2, 0) is 14.8 Å². The van der Waals surface area contributed by atoms with Gasteiger partial charge in [0.25, 0.3) is 0 Å². The van der Waals surface area contributed by atoms with E-state index in [2.05, 4.69) is 5.32 Å². The Bertz CT molecular complexity index is 668. The molecule has 2 rings (SSSR count). The van der Waals surface area contributed by atoms with Crippen LogP contribution in [0, 0.1) is 6.92 Å². The van der Waals surface area contributed by atoms with Crippen molar-refractivity contribution in [2.24, 2.45) is 0 Å². The molecule has 1 N–H and O–H groups in total. The van der Waals surface area contributed by atoms with Gasteiger partial charge in [-0.2, -0.15) is 4.31 Å². The number of nitrogens with zero attached hydrogens (tertiary/aromatic N) is 1. The van der Waals surface area contributed by atoms with E-state index >= 15 is 0 Å². The average Bonchev–Trinajstić information content (AvgIpc) is 2.41. The summed E-state index contributed by atoms with van der Waals surface area (Å²) in [5.41, 5.74) is -0.372. The average molecular weight is 312 g/mol. The van der Waals surface area contributed by atoms with Crippen LogP contribution in [0.15, 0.2) is 23.1 Å². The van der Waals surface area contributed by atoms with Crippen LogP contribution < -0.4 is 10.1 Å². The van der Waals surface area contributed by atoms with E-state index in [4.69, 9.17) is 4.74 Å². The van der Waals surface area contributed by atoms with Gasteiger partial charge in [0.05, 0.1) is 12.0 Å². The Labute approximate surface area is 125 Å². The number of hydrogen-bond donors (Lipinski definition) is 1. The van der Waals surface area contributed by atoms with Gasteiger partial charge in [-0.3, -0.25) is 4.79 Å². The Balaban J connectivity index is 2.46. The molecule has 116 valence electrons. The third-order valence-corrected chi connectivity index (χ3v) is 5.80. The Hall–Kier alpha value is -1.60. The molecule has 1 heterocycles. The van der Waals surface area contributed by atoms with Crippen LogP contribution in [0.5, 0.6) is 5.75 Å². The SMILES string of the molecule is COc1ccc(S(=O)(=O)N2CCNC(=O)C2(C)C)cc1C. The molecule has 1 aliphatic heterocycles. The zero-order valence-corrected chi connectivity index (χ0v) is 13.5. The van der Waals surface area contributed by atoms with Gasteiger partial charge in [0.2, 0.25) is 15.9 Å². The molecule has 21 heavy (non-hydrogen) atoms. The number of ether oxygens (including phenoxy) is 1. The minimum Gasteiger partial charge on any atom is -0.496 e. The van der Waals surface area contributed by atoms with Crippen LogP contribution in [0.2, 0.25) is 0 Å². The molecule has 1 aromatic carbocycles. The smallest absolute Gasteiger partial charge is 0.244 e. The Morgan fingerprint density at radius 1 is 1.33 bits per heavy atom. The number of amides is 1. The monoisotopic (exact) mass is 312 g/mol. The molecule has 0 saturated carbocycles. The van der Waals surface area contributed by atoms with Gasteiger partial charge in [-0.25, -0.2) is 8.42 Å². The molecule has 0 spiro atoms. The van der Waals surface area contributed by atoms with E-state index in [1.54, 1.807) is 32.9 Å². The summed E-state index contributed by atoms with van der Waals surface area (Å²) in [6.07, 6.45) is 0. The number of carbonyl (C=O) groups is 1. The van der Waals surface area contributed by atoms with E-state index in [1.165, 1.54) is 17.5 Å². The normalized spacial score (nSPS) is 19.1. The number of aryl methyl sites for hydroxylation is 1. The lowest BCUT2D eigenvalue weighted by Gasteiger charge is -2.39. The number of nitrogens with one attached hydrogen (secondary N) is 1. The predicted octanol–water partition coefficient (Wildman–Crippen LogP) is 0.903. The first-order valence-corrected chi connectivity index (χ1v) is 8.11. The summed E-state index contributed by atoms with van der Waals surface area (Å²) in [6.45, 7) is 5.57. The summed E-state index contributed by atoms with van der Waals surface area (Å²) in [5.74, 6) is 0.340. The molecule has 1 saturated heterocycles. The highest BCUT2D eigenvalue weighted by molar-refractivity contribution is 7.89. The molecule has 1 aliphatic rings. The molecule has 1 fully saturated rings. The van der Waals surface area contributed by atoms with Crippen molar-refractivity contribution in [1.82, 2.24) is 9.62 Å². The highest BCUT2D eigenvalue weighted by atomic mass is 32.2. The van der Waals surface area contributed by atoms with Gasteiger partial charge in [0, 0.05) is 13.1 Å². The van der Waals surface area contributed by atoms with Crippen LogP contribution in [0.1, 0.15) is 19.4 Å². The first kappa shape index (κ1) is 15.8. The van der Waals surface area contributed by atoms with E-state index < -0.39 is 15.6 Å². The van der Waals surface area contributed by atoms with Crippen LogP contribution in [0.4, 0.5) is 0 Å². The van der Waals surface area contributed by atoms with E-state index in [1.807, 2.05) is 0 Å². The van der Waals surface area contributed by atoms with Crippen molar-refractivity contribution in [3.8, 4) is 5.75 Å². The lowest BCUT2D eigenvalue weighted by molar-refractivity contribution is -0.131. The maximum absolute atomic E-state index is 12.8. The molecule has 0 radical (unpaired) electrons. The fourth-order valence-electron chi connectivity index (χ4n) is 2.44. The van der Waals surface area contributed by atoms with Gasteiger partial charge in [-0.05, 0) is 44.5 Å². The Morgan fingerprint density at radius 3 is 2.57 bits per heavy atom. The Morgan fingerprint density at radius 2 is 2.00 bits per heavy atom. The summed E-state index contributed by atoms with van der Waals surface area (Å²) in [7, 11) is -2.20. The zero-order valence-electron chi connectivity index (χ0n) is 12.6. The Kier molecular flexibility index (Phi) is 3.99. The van der Waals surface area contributed by atoms with Gasteiger partial charge in [0.1, 0.15) is 11.3 Å². The topological polar surface area (TPSA) is 75.7 Å². The number of hydrogen-bond acceptors (Lipinski definition) is 4. The minimum atomic E-state index is -3.73. The van der Waals surface area contributed by atoms with Crippen molar-refractivity contribution in [1.29, 1.82) is 0 Å². The van der Waals surface area contributed by atoms with Gasteiger partial charge >= 0.3 is 0 Å². The molecule has 1 amide bonds. The maximum atomic E-state index is 12.8. The van der Waals surface area contributed by atoms with Gasteiger partial charge in [-0.15, -0.1) is 0 Å². The second-order valence-corrected chi connectivity index (χ2v) is 7.39. The fourth-order valence-corrected chi connectivity index (χ4v) is 4.27. The first-order valence-electron chi connectivity index (χ1n) is 6.67. The number of piperazine rings is 1. The van der Waals surface area contributed by atoms with Crippen molar-refractivity contribution in [2.75, 3.05) is 20.2 Å². The third-order valence-electron chi connectivity index (χ3n) is 3.73. The van der Waals surface area contributed by atoms with Crippen molar-refractivity contribution < 1.29 is 17.9 Å². The molecular formula is C14H20N2O4S.